The standard InChI is InChI=1S/C30H28F2N2O3/c1-2-37-28(36)20-6-8-21(9-7-20)30(12-13-30)33-27(35)24-4-3-5-25-26(24)34(18-29(25)10-11-29)17-19-14-22(31)16-23(32)15-19/h3-9,14-16H,2,10-13,17-18H2,1H3,(H,33,35). The van der Waals surface area contributed by atoms with Crippen molar-refractivity contribution in [2.45, 2.75) is 50.1 Å². The molecule has 0 saturated heterocycles. The fourth-order valence-electron chi connectivity index (χ4n) is 5.70. The van der Waals surface area contributed by atoms with Crippen molar-refractivity contribution in [3.05, 3.63) is 100 Å². The molecule has 37 heavy (non-hydrogen) atoms. The van der Waals surface area contributed by atoms with Gasteiger partial charge in [0.1, 0.15) is 11.6 Å². The molecule has 2 saturated carbocycles. The summed E-state index contributed by atoms with van der Waals surface area (Å²) < 4.78 is 32.8. The largest absolute Gasteiger partial charge is 0.462 e. The van der Waals surface area contributed by atoms with Gasteiger partial charge < -0.3 is 15.0 Å². The van der Waals surface area contributed by atoms with Crippen LogP contribution < -0.4 is 10.2 Å². The van der Waals surface area contributed by atoms with Crippen LogP contribution in [0, 0.1) is 11.6 Å². The lowest BCUT2D eigenvalue weighted by Gasteiger charge is -2.24. The SMILES string of the molecule is CCOC(=O)c1ccc(C2(NC(=O)c3cccc4c3N(Cc3cc(F)cc(F)c3)CC43CC3)CC2)cc1. The molecule has 1 aliphatic heterocycles. The number of hydrogen-bond donors (Lipinski definition) is 1. The van der Waals surface area contributed by atoms with Crippen molar-refractivity contribution in [2.24, 2.45) is 0 Å². The molecule has 190 valence electrons. The molecule has 7 heteroatoms. The zero-order valence-electron chi connectivity index (χ0n) is 20.7. The van der Waals surface area contributed by atoms with E-state index >= 15 is 0 Å². The van der Waals surface area contributed by atoms with Crippen molar-refractivity contribution in [3.8, 4) is 0 Å². The number of nitrogens with one attached hydrogen (secondary N) is 1. The molecule has 1 heterocycles. The predicted molar refractivity (Wildman–Crippen MR) is 136 cm³/mol. The third kappa shape index (κ3) is 4.26. The maximum absolute atomic E-state index is 13.9. The topological polar surface area (TPSA) is 58.6 Å². The van der Waals surface area contributed by atoms with Crippen LogP contribution in [-0.2, 0) is 22.2 Å². The van der Waals surface area contributed by atoms with E-state index in [1.165, 1.54) is 12.1 Å². The highest BCUT2D eigenvalue weighted by Crippen LogP contribution is 2.57. The van der Waals surface area contributed by atoms with Crippen molar-refractivity contribution in [3.63, 3.8) is 0 Å². The Morgan fingerprint density at radius 2 is 1.68 bits per heavy atom. The number of rotatable bonds is 7. The van der Waals surface area contributed by atoms with E-state index in [4.69, 9.17) is 4.74 Å². The van der Waals surface area contributed by atoms with Gasteiger partial charge in [0.05, 0.1) is 29.0 Å². The molecular formula is C30H28F2N2O3. The van der Waals surface area contributed by atoms with Crippen LogP contribution in [0.1, 0.15) is 70.0 Å². The van der Waals surface area contributed by atoms with Crippen LogP contribution in [0.2, 0.25) is 0 Å². The second kappa shape index (κ2) is 8.68. The molecule has 2 aliphatic carbocycles. The number of para-hydroxylation sites is 1. The molecule has 5 nitrogen and oxygen atoms in total. The van der Waals surface area contributed by atoms with Crippen LogP contribution >= 0.6 is 0 Å². The third-order valence-electron chi connectivity index (χ3n) is 7.86. The number of benzene rings is 3. The molecule has 2 fully saturated rings. The zero-order valence-corrected chi connectivity index (χ0v) is 20.7. The number of carbonyl (C=O) groups is 2. The minimum Gasteiger partial charge on any atom is -0.462 e. The van der Waals surface area contributed by atoms with E-state index in [2.05, 4.69) is 16.3 Å². The summed E-state index contributed by atoms with van der Waals surface area (Å²) in [6, 6.07) is 16.6. The van der Waals surface area contributed by atoms with Crippen molar-refractivity contribution >= 4 is 17.6 Å². The highest BCUT2D eigenvalue weighted by atomic mass is 19.1. The van der Waals surface area contributed by atoms with E-state index in [1.807, 2.05) is 24.3 Å². The summed E-state index contributed by atoms with van der Waals surface area (Å²) in [6.07, 6.45) is 3.69. The predicted octanol–water partition coefficient (Wildman–Crippen LogP) is 5.61. The fourth-order valence-corrected chi connectivity index (χ4v) is 5.70. The van der Waals surface area contributed by atoms with Crippen molar-refractivity contribution in [1.29, 1.82) is 0 Å². The van der Waals surface area contributed by atoms with Crippen LogP contribution in [0.5, 0.6) is 0 Å². The van der Waals surface area contributed by atoms with Crippen LogP contribution in [0.25, 0.3) is 0 Å². The summed E-state index contributed by atoms with van der Waals surface area (Å²) in [5.41, 5.74) is 4.08. The lowest BCUT2D eigenvalue weighted by molar-refractivity contribution is 0.0526. The minimum atomic E-state index is -0.605. The summed E-state index contributed by atoms with van der Waals surface area (Å²) in [6.45, 7) is 3.14. The monoisotopic (exact) mass is 502 g/mol. The minimum absolute atomic E-state index is 0.0116. The average Bonchev–Trinajstić information content (AvgIpc) is 3.79. The Hall–Kier alpha value is -3.74. The second-order valence-electron chi connectivity index (χ2n) is 10.4. The van der Waals surface area contributed by atoms with Gasteiger partial charge in [-0.15, -0.1) is 0 Å². The van der Waals surface area contributed by atoms with Crippen LogP contribution in [0.3, 0.4) is 0 Å². The van der Waals surface area contributed by atoms with E-state index in [0.717, 1.165) is 55.1 Å². The van der Waals surface area contributed by atoms with E-state index < -0.39 is 17.2 Å². The normalized spacial score (nSPS) is 17.9. The van der Waals surface area contributed by atoms with Gasteiger partial charge in [0.2, 0.25) is 0 Å². The van der Waals surface area contributed by atoms with Gasteiger partial charge in [0.15, 0.2) is 0 Å². The van der Waals surface area contributed by atoms with Gasteiger partial charge in [-0.1, -0.05) is 24.3 Å². The number of nitrogens with zero attached hydrogens (tertiary/aromatic N) is 1. The molecule has 0 aromatic heterocycles. The van der Waals surface area contributed by atoms with E-state index in [9.17, 15) is 18.4 Å². The molecule has 1 amide bonds. The Balaban J connectivity index is 1.27. The van der Waals surface area contributed by atoms with Crippen LogP contribution in [-0.4, -0.2) is 25.0 Å². The first-order valence-corrected chi connectivity index (χ1v) is 12.8. The second-order valence-corrected chi connectivity index (χ2v) is 10.4. The maximum atomic E-state index is 13.9. The molecule has 1 spiro atoms. The Kier molecular flexibility index (Phi) is 5.55. The lowest BCUT2D eigenvalue weighted by Crippen LogP contribution is -2.36. The van der Waals surface area contributed by atoms with Gasteiger partial charge in [-0.2, -0.15) is 0 Å². The number of esters is 1. The molecule has 3 aromatic carbocycles. The molecule has 0 unspecified atom stereocenters. The van der Waals surface area contributed by atoms with Gasteiger partial charge in [0, 0.05) is 24.6 Å². The zero-order chi connectivity index (χ0) is 25.8. The summed E-state index contributed by atoms with van der Waals surface area (Å²) in [7, 11) is 0. The molecule has 0 bridgehead atoms. The Labute approximate surface area is 214 Å². The van der Waals surface area contributed by atoms with Crippen molar-refractivity contribution in [1.82, 2.24) is 5.32 Å². The number of ether oxygens (including phenoxy) is 1. The van der Waals surface area contributed by atoms with Gasteiger partial charge in [0.25, 0.3) is 5.91 Å². The van der Waals surface area contributed by atoms with Gasteiger partial charge in [-0.25, -0.2) is 13.6 Å². The number of amides is 1. The van der Waals surface area contributed by atoms with E-state index in [1.54, 1.807) is 19.1 Å². The van der Waals surface area contributed by atoms with Crippen LogP contribution in [0.15, 0.2) is 60.7 Å². The molecule has 3 aromatic rings. The number of anilines is 1. The fraction of sp³-hybridized carbons (Fsp3) is 0.333. The highest BCUT2D eigenvalue weighted by molar-refractivity contribution is 6.02. The Morgan fingerprint density at radius 3 is 2.30 bits per heavy atom. The smallest absolute Gasteiger partial charge is 0.338 e. The molecule has 1 N–H and O–H groups in total. The summed E-state index contributed by atoms with van der Waals surface area (Å²) in [4.78, 5) is 27.8. The average molecular weight is 503 g/mol. The third-order valence-corrected chi connectivity index (χ3v) is 7.86. The van der Waals surface area contributed by atoms with Gasteiger partial charge in [-0.3, -0.25) is 4.79 Å². The maximum Gasteiger partial charge on any atom is 0.338 e. The van der Waals surface area contributed by atoms with E-state index in [-0.39, 0.29) is 17.3 Å². The Morgan fingerprint density at radius 1 is 0.973 bits per heavy atom. The quantitative estimate of drug-likeness (QED) is 0.427. The van der Waals surface area contributed by atoms with Gasteiger partial charge in [-0.05, 0) is 79.6 Å². The molecular weight excluding hydrogens is 474 g/mol. The molecule has 0 radical (unpaired) electrons. The van der Waals surface area contributed by atoms with Crippen LogP contribution in [0.4, 0.5) is 14.5 Å². The van der Waals surface area contributed by atoms with Gasteiger partial charge >= 0.3 is 5.97 Å². The number of fused-ring (bicyclic) bond motifs is 2. The van der Waals surface area contributed by atoms with Crippen molar-refractivity contribution < 1.29 is 23.1 Å². The van der Waals surface area contributed by atoms with E-state index in [0.29, 0.717) is 29.8 Å². The molecule has 0 atom stereocenters. The molecule has 3 aliphatic rings. The number of halogens is 2. The number of hydrogen-bond acceptors (Lipinski definition) is 4. The summed E-state index contributed by atoms with van der Waals surface area (Å²) >= 11 is 0. The summed E-state index contributed by atoms with van der Waals surface area (Å²) in [5, 5.41) is 3.25. The summed E-state index contributed by atoms with van der Waals surface area (Å²) in [5.74, 6) is -1.75. The Bertz CT molecular complexity index is 1370. The first-order chi connectivity index (χ1) is 17.8. The number of carbonyl (C=O) groups excluding carboxylic acids is 2. The lowest BCUT2D eigenvalue weighted by atomic mass is 9.96. The molecule has 6 rings (SSSR count). The van der Waals surface area contributed by atoms with Crippen molar-refractivity contribution in [2.75, 3.05) is 18.1 Å². The first-order valence-electron chi connectivity index (χ1n) is 12.8. The first kappa shape index (κ1) is 23.6. The highest BCUT2D eigenvalue weighted by Gasteiger charge is 2.53.